The van der Waals surface area contributed by atoms with Crippen molar-refractivity contribution in [1.82, 2.24) is 10.0 Å². The van der Waals surface area contributed by atoms with Gasteiger partial charge in [-0.3, -0.25) is 25.0 Å². The Labute approximate surface area is 175 Å². The standard InChI is InChI=1S/C16H13ClN4O6S2/c1-9(22)20-29(26,27)12-5-3-11(4-6-12)18-16(28)19-15(23)10-2-7-13(17)14(8-10)21(24)25/h2-8H,1H3,(H,20,22)(H2,18,19,23,28). The first-order chi connectivity index (χ1) is 13.5. The number of thiocarbonyl (C=S) groups is 1. The third-order valence-corrected chi connectivity index (χ3v) is 5.31. The van der Waals surface area contributed by atoms with Crippen molar-refractivity contribution in [2.24, 2.45) is 0 Å². The van der Waals surface area contributed by atoms with Crippen LogP contribution in [0.4, 0.5) is 11.4 Å². The fourth-order valence-corrected chi connectivity index (χ4v) is 3.48. The molecular weight excluding hydrogens is 444 g/mol. The van der Waals surface area contributed by atoms with Crippen molar-refractivity contribution in [3.05, 3.63) is 63.2 Å². The number of amides is 2. The van der Waals surface area contributed by atoms with Gasteiger partial charge in [0.1, 0.15) is 5.02 Å². The Morgan fingerprint density at radius 2 is 1.76 bits per heavy atom. The molecule has 2 aromatic rings. The Morgan fingerprint density at radius 3 is 2.31 bits per heavy atom. The molecule has 0 saturated carbocycles. The van der Waals surface area contributed by atoms with E-state index in [1.807, 2.05) is 4.72 Å². The zero-order valence-electron chi connectivity index (χ0n) is 14.6. The van der Waals surface area contributed by atoms with E-state index in [-0.39, 0.29) is 20.6 Å². The Kier molecular flexibility index (Phi) is 6.84. The first kappa shape index (κ1) is 22.2. The Morgan fingerprint density at radius 1 is 1.14 bits per heavy atom. The van der Waals surface area contributed by atoms with Crippen LogP contribution in [0.15, 0.2) is 47.4 Å². The van der Waals surface area contributed by atoms with Crippen LogP contribution in [0.1, 0.15) is 17.3 Å². The number of benzene rings is 2. The lowest BCUT2D eigenvalue weighted by Crippen LogP contribution is -2.34. The SMILES string of the molecule is CC(=O)NS(=O)(=O)c1ccc(NC(=S)NC(=O)c2ccc(Cl)c([N+](=O)[O-])c2)cc1. The number of rotatable bonds is 5. The van der Waals surface area contributed by atoms with E-state index in [2.05, 4.69) is 10.6 Å². The van der Waals surface area contributed by atoms with Gasteiger partial charge in [0.15, 0.2) is 5.11 Å². The minimum absolute atomic E-state index is 0.0259. The zero-order chi connectivity index (χ0) is 21.8. The van der Waals surface area contributed by atoms with E-state index in [1.54, 1.807) is 0 Å². The van der Waals surface area contributed by atoms with Crippen LogP contribution >= 0.6 is 23.8 Å². The number of nitro groups is 1. The molecule has 0 bridgehead atoms. The van der Waals surface area contributed by atoms with Crippen LogP contribution in [0.5, 0.6) is 0 Å². The molecule has 0 heterocycles. The van der Waals surface area contributed by atoms with Gasteiger partial charge in [-0.05, 0) is 48.6 Å². The van der Waals surface area contributed by atoms with Crippen molar-refractivity contribution in [3.63, 3.8) is 0 Å². The van der Waals surface area contributed by atoms with Crippen LogP contribution in [-0.4, -0.2) is 30.3 Å². The van der Waals surface area contributed by atoms with Gasteiger partial charge in [0.05, 0.1) is 9.82 Å². The molecular formula is C16H13ClN4O6S2. The van der Waals surface area contributed by atoms with Crippen LogP contribution in [0.25, 0.3) is 0 Å². The minimum atomic E-state index is -3.97. The Bertz CT molecular complexity index is 1100. The molecule has 29 heavy (non-hydrogen) atoms. The molecule has 0 spiro atoms. The van der Waals surface area contributed by atoms with Crippen LogP contribution in [0.2, 0.25) is 5.02 Å². The summed E-state index contributed by atoms with van der Waals surface area (Å²) in [6, 6.07) is 8.76. The second kappa shape index (κ2) is 8.94. The third-order valence-electron chi connectivity index (χ3n) is 3.33. The number of nitro benzene ring substituents is 1. The highest BCUT2D eigenvalue weighted by Gasteiger charge is 2.18. The van der Waals surface area contributed by atoms with Crippen molar-refractivity contribution >= 4 is 62.1 Å². The van der Waals surface area contributed by atoms with Crippen molar-refractivity contribution in [2.75, 3.05) is 5.32 Å². The molecule has 0 aliphatic carbocycles. The van der Waals surface area contributed by atoms with Gasteiger partial charge >= 0.3 is 0 Å². The maximum absolute atomic E-state index is 12.2. The number of carbonyl (C=O) groups excluding carboxylic acids is 2. The molecule has 0 atom stereocenters. The highest BCUT2D eigenvalue weighted by Crippen LogP contribution is 2.25. The van der Waals surface area contributed by atoms with Crippen molar-refractivity contribution in [3.8, 4) is 0 Å². The predicted octanol–water partition coefficient (Wildman–Crippen LogP) is 2.20. The average molecular weight is 457 g/mol. The smallest absolute Gasteiger partial charge is 0.288 e. The fourth-order valence-electron chi connectivity index (χ4n) is 2.10. The van der Waals surface area contributed by atoms with Gasteiger partial charge in [-0.15, -0.1) is 0 Å². The summed E-state index contributed by atoms with van der Waals surface area (Å²) in [5, 5.41) is 15.7. The lowest BCUT2D eigenvalue weighted by molar-refractivity contribution is -0.384. The Balaban J connectivity index is 2.06. The summed E-state index contributed by atoms with van der Waals surface area (Å²) >= 11 is 10.7. The number of carbonyl (C=O) groups is 2. The van der Waals surface area contributed by atoms with E-state index in [1.165, 1.54) is 36.4 Å². The van der Waals surface area contributed by atoms with E-state index in [9.17, 15) is 28.1 Å². The molecule has 0 radical (unpaired) electrons. The largest absolute Gasteiger partial charge is 0.332 e. The average Bonchev–Trinajstić information content (AvgIpc) is 2.61. The van der Waals surface area contributed by atoms with Crippen LogP contribution in [-0.2, 0) is 14.8 Å². The lowest BCUT2D eigenvalue weighted by atomic mass is 10.2. The van der Waals surface area contributed by atoms with E-state index in [0.717, 1.165) is 13.0 Å². The molecule has 10 nitrogen and oxygen atoms in total. The van der Waals surface area contributed by atoms with Gasteiger partial charge in [0, 0.05) is 24.2 Å². The third kappa shape index (κ3) is 5.94. The van der Waals surface area contributed by atoms with Crippen LogP contribution in [0, 0.1) is 10.1 Å². The molecule has 13 heteroatoms. The van der Waals surface area contributed by atoms with E-state index < -0.39 is 32.4 Å². The van der Waals surface area contributed by atoms with Gasteiger partial charge in [0.2, 0.25) is 5.91 Å². The maximum atomic E-state index is 12.2. The van der Waals surface area contributed by atoms with Crippen LogP contribution < -0.4 is 15.4 Å². The highest BCUT2D eigenvalue weighted by atomic mass is 35.5. The second-order valence-corrected chi connectivity index (χ2v) is 8.02. The number of nitrogens with zero attached hydrogens (tertiary/aromatic N) is 1. The van der Waals surface area contributed by atoms with Crippen molar-refractivity contribution in [2.45, 2.75) is 11.8 Å². The van der Waals surface area contributed by atoms with E-state index >= 15 is 0 Å². The normalized spacial score (nSPS) is 10.7. The topological polar surface area (TPSA) is 148 Å². The summed E-state index contributed by atoms with van der Waals surface area (Å²) in [5.41, 5.74) is -0.0877. The van der Waals surface area contributed by atoms with E-state index in [0.29, 0.717) is 5.69 Å². The number of nitrogens with one attached hydrogen (secondary N) is 3. The molecule has 2 aromatic carbocycles. The number of hydrogen-bond acceptors (Lipinski definition) is 7. The quantitative estimate of drug-likeness (QED) is 0.352. The van der Waals surface area contributed by atoms with Crippen molar-refractivity contribution in [1.29, 1.82) is 0 Å². The number of hydrogen-bond donors (Lipinski definition) is 3. The first-order valence-electron chi connectivity index (χ1n) is 7.69. The number of halogens is 1. The summed E-state index contributed by atoms with van der Waals surface area (Å²) < 4.78 is 25.6. The molecule has 0 aromatic heterocycles. The monoisotopic (exact) mass is 456 g/mol. The molecule has 0 fully saturated rings. The molecule has 0 aliphatic rings. The first-order valence-corrected chi connectivity index (χ1v) is 9.96. The number of sulfonamides is 1. The highest BCUT2D eigenvalue weighted by molar-refractivity contribution is 7.90. The Hall–Kier alpha value is -3.09. The van der Waals surface area contributed by atoms with Gasteiger partial charge in [-0.25, -0.2) is 13.1 Å². The number of anilines is 1. The maximum Gasteiger partial charge on any atom is 0.288 e. The van der Waals surface area contributed by atoms with Gasteiger partial charge < -0.3 is 5.32 Å². The summed E-state index contributed by atoms with van der Waals surface area (Å²) in [6.45, 7) is 1.07. The fraction of sp³-hybridized carbons (Fsp3) is 0.0625. The molecule has 3 N–H and O–H groups in total. The summed E-state index contributed by atoms with van der Waals surface area (Å²) in [4.78, 5) is 33.2. The summed E-state index contributed by atoms with van der Waals surface area (Å²) in [5.74, 6) is -1.43. The summed E-state index contributed by atoms with van der Waals surface area (Å²) in [7, 11) is -3.97. The van der Waals surface area contributed by atoms with Gasteiger partial charge in [0.25, 0.3) is 21.6 Å². The summed E-state index contributed by atoms with van der Waals surface area (Å²) in [6.07, 6.45) is 0. The molecule has 0 saturated heterocycles. The second-order valence-electron chi connectivity index (χ2n) is 5.52. The van der Waals surface area contributed by atoms with Gasteiger partial charge in [-0.2, -0.15) is 0 Å². The van der Waals surface area contributed by atoms with E-state index in [4.69, 9.17) is 23.8 Å². The molecule has 152 valence electrons. The molecule has 0 unspecified atom stereocenters. The van der Waals surface area contributed by atoms with Crippen LogP contribution in [0.3, 0.4) is 0 Å². The molecule has 0 aliphatic heterocycles. The minimum Gasteiger partial charge on any atom is -0.332 e. The molecule has 2 amide bonds. The van der Waals surface area contributed by atoms with Gasteiger partial charge in [-0.1, -0.05) is 11.6 Å². The predicted molar refractivity (Wildman–Crippen MR) is 109 cm³/mol. The molecule has 2 rings (SSSR count). The lowest BCUT2D eigenvalue weighted by Gasteiger charge is -2.11. The van der Waals surface area contributed by atoms with Crippen molar-refractivity contribution < 1.29 is 22.9 Å². The zero-order valence-corrected chi connectivity index (χ0v) is 17.0.